The minimum Gasteiger partial charge on any atom is -0.393 e. The first kappa shape index (κ1) is 11.9. The molecule has 1 aliphatic heterocycles. The summed E-state index contributed by atoms with van der Waals surface area (Å²) in [6, 6.07) is 0. The topological polar surface area (TPSA) is 90.2 Å². The van der Waals surface area contributed by atoms with E-state index in [1.165, 1.54) is 0 Å². The number of hydrogen-bond acceptors (Lipinski definition) is 5. The zero-order chi connectivity index (χ0) is 10.9. The highest BCUT2D eigenvalue weighted by Crippen LogP contribution is 2.30. The summed E-state index contributed by atoms with van der Waals surface area (Å²) in [5, 5.41) is 37.3. The molecule has 1 fully saturated rings. The Labute approximate surface area is 82.9 Å². The monoisotopic (exact) mass is 206 g/mol. The average Bonchev–Trinajstić information content (AvgIpc) is 2.01. The molecular formula is C9H18O5. The third-order valence-electron chi connectivity index (χ3n) is 2.55. The summed E-state index contributed by atoms with van der Waals surface area (Å²) in [7, 11) is 0. The maximum absolute atomic E-state index is 9.56. The lowest BCUT2D eigenvalue weighted by molar-refractivity contribution is -0.313. The second-order valence-electron chi connectivity index (χ2n) is 4.17. The Balaban J connectivity index is 2.72. The van der Waals surface area contributed by atoms with Crippen molar-refractivity contribution in [2.75, 3.05) is 6.61 Å². The summed E-state index contributed by atoms with van der Waals surface area (Å²) in [4.78, 5) is 0. The molecule has 84 valence electrons. The van der Waals surface area contributed by atoms with E-state index in [9.17, 15) is 15.3 Å². The number of aliphatic hydroxyl groups excluding tert-OH is 2. The zero-order valence-corrected chi connectivity index (χ0v) is 8.42. The van der Waals surface area contributed by atoms with Gasteiger partial charge in [-0.1, -0.05) is 13.8 Å². The molecule has 0 radical (unpaired) electrons. The number of hydrogen-bond donors (Lipinski definition) is 4. The Morgan fingerprint density at radius 2 is 2.00 bits per heavy atom. The van der Waals surface area contributed by atoms with Gasteiger partial charge in [0, 0.05) is 6.42 Å². The predicted molar refractivity (Wildman–Crippen MR) is 48.4 cm³/mol. The van der Waals surface area contributed by atoms with Gasteiger partial charge in [0.25, 0.3) is 0 Å². The third-order valence-corrected chi connectivity index (χ3v) is 2.55. The molecule has 0 aliphatic carbocycles. The molecule has 0 saturated carbocycles. The molecule has 4 N–H and O–H groups in total. The van der Waals surface area contributed by atoms with E-state index in [1.807, 2.05) is 13.8 Å². The van der Waals surface area contributed by atoms with E-state index in [0.717, 1.165) is 0 Å². The van der Waals surface area contributed by atoms with Crippen molar-refractivity contribution in [2.45, 2.75) is 44.4 Å². The van der Waals surface area contributed by atoms with E-state index in [2.05, 4.69) is 0 Å². The molecule has 2 unspecified atom stereocenters. The normalized spacial score (nSPS) is 37.5. The first-order valence-corrected chi connectivity index (χ1v) is 4.77. The van der Waals surface area contributed by atoms with Gasteiger partial charge < -0.3 is 25.2 Å². The molecule has 1 rings (SSSR count). The van der Waals surface area contributed by atoms with Gasteiger partial charge in [-0.2, -0.15) is 0 Å². The van der Waals surface area contributed by atoms with E-state index in [4.69, 9.17) is 9.84 Å². The first-order valence-electron chi connectivity index (χ1n) is 4.77. The largest absolute Gasteiger partial charge is 0.393 e. The summed E-state index contributed by atoms with van der Waals surface area (Å²) in [6.45, 7) is 3.26. The maximum atomic E-state index is 9.56. The van der Waals surface area contributed by atoms with Gasteiger partial charge in [0.05, 0.1) is 18.8 Å². The second-order valence-corrected chi connectivity index (χ2v) is 4.17. The standard InChI is InChI=1S/C9H18O5/c1-5(2)8-6(11)3-9(12,13)7(4-10)14-8/h5-8,10-13H,3-4H2,1-2H3/t6?,7?,8-/m0/s1. The summed E-state index contributed by atoms with van der Waals surface area (Å²) >= 11 is 0. The van der Waals surface area contributed by atoms with Crippen molar-refractivity contribution in [2.24, 2.45) is 5.92 Å². The molecule has 0 aromatic rings. The molecular weight excluding hydrogens is 188 g/mol. The lowest BCUT2D eigenvalue weighted by Gasteiger charge is -2.42. The van der Waals surface area contributed by atoms with Crippen LogP contribution in [0.1, 0.15) is 20.3 Å². The minimum absolute atomic E-state index is 0.0650. The molecule has 1 saturated heterocycles. The van der Waals surface area contributed by atoms with E-state index < -0.39 is 30.7 Å². The second kappa shape index (κ2) is 4.12. The average molecular weight is 206 g/mol. The molecule has 1 heterocycles. The Hall–Kier alpha value is -0.200. The van der Waals surface area contributed by atoms with Crippen LogP contribution in [0.25, 0.3) is 0 Å². The van der Waals surface area contributed by atoms with Gasteiger partial charge in [-0.25, -0.2) is 0 Å². The van der Waals surface area contributed by atoms with Crippen LogP contribution in [0.2, 0.25) is 0 Å². The zero-order valence-electron chi connectivity index (χ0n) is 8.42. The molecule has 0 aromatic heterocycles. The van der Waals surface area contributed by atoms with E-state index in [0.29, 0.717) is 0 Å². The quantitative estimate of drug-likeness (QED) is 0.428. The predicted octanol–water partition coefficient (Wildman–Crippen LogP) is -1.17. The van der Waals surface area contributed by atoms with Crippen molar-refractivity contribution in [3.63, 3.8) is 0 Å². The van der Waals surface area contributed by atoms with Crippen LogP contribution in [0, 0.1) is 5.92 Å². The number of rotatable bonds is 2. The van der Waals surface area contributed by atoms with Gasteiger partial charge in [-0.05, 0) is 5.92 Å². The van der Waals surface area contributed by atoms with Crippen LogP contribution in [0.5, 0.6) is 0 Å². The fourth-order valence-electron chi connectivity index (χ4n) is 1.74. The molecule has 3 atom stereocenters. The Morgan fingerprint density at radius 1 is 1.43 bits per heavy atom. The van der Waals surface area contributed by atoms with Crippen molar-refractivity contribution in [1.82, 2.24) is 0 Å². The Morgan fingerprint density at radius 3 is 2.43 bits per heavy atom. The van der Waals surface area contributed by atoms with Crippen LogP contribution in [-0.4, -0.2) is 51.1 Å². The lowest BCUT2D eigenvalue weighted by Crippen LogP contribution is -2.58. The van der Waals surface area contributed by atoms with Gasteiger partial charge >= 0.3 is 0 Å². The van der Waals surface area contributed by atoms with Crippen molar-refractivity contribution in [3.05, 3.63) is 0 Å². The lowest BCUT2D eigenvalue weighted by atomic mass is 9.90. The van der Waals surface area contributed by atoms with Crippen LogP contribution < -0.4 is 0 Å². The fraction of sp³-hybridized carbons (Fsp3) is 1.00. The van der Waals surface area contributed by atoms with E-state index >= 15 is 0 Å². The van der Waals surface area contributed by atoms with Crippen LogP contribution in [0.3, 0.4) is 0 Å². The van der Waals surface area contributed by atoms with E-state index in [1.54, 1.807) is 0 Å². The Kier molecular flexibility index (Phi) is 3.49. The van der Waals surface area contributed by atoms with Crippen molar-refractivity contribution in [1.29, 1.82) is 0 Å². The van der Waals surface area contributed by atoms with Crippen LogP contribution in [0.4, 0.5) is 0 Å². The SMILES string of the molecule is CC(C)[C@@H]1OC(CO)C(O)(O)CC1O. The molecule has 0 spiro atoms. The van der Waals surface area contributed by atoms with Gasteiger partial charge in [0.1, 0.15) is 6.10 Å². The molecule has 0 bridgehead atoms. The highest BCUT2D eigenvalue weighted by molar-refractivity contribution is 4.90. The minimum atomic E-state index is -2.14. The molecule has 5 heteroatoms. The summed E-state index contributed by atoms with van der Waals surface area (Å²) < 4.78 is 5.22. The smallest absolute Gasteiger partial charge is 0.194 e. The maximum Gasteiger partial charge on any atom is 0.194 e. The van der Waals surface area contributed by atoms with Crippen LogP contribution in [0.15, 0.2) is 0 Å². The third kappa shape index (κ3) is 2.24. The summed E-state index contributed by atoms with van der Waals surface area (Å²) in [6.07, 6.45) is -2.60. The van der Waals surface area contributed by atoms with Crippen molar-refractivity contribution in [3.8, 4) is 0 Å². The van der Waals surface area contributed by atoms with Gasteiger partial charge in [-0.3, -0.25) is 0 Å². The van der Waals surface area contributed by atoms with Crippen LogP contribution >= 0.6 is 0 Å². The highest BCUT2D eigenvalue weighted by atomic mass is 16.6. The molecule has 0 aromatic carbocycles. The highest BCUT2D eigenvalue weighted by Gasteiger charge is 2.46. The van der Waals surface area contributed by atoms with Gasteiger partial charge in [-0.15, -0.1) is 0 Å². The van der Waals surface area contributed by atoms with E-state index in [-0.39, 0.29) is 12.3 Å². The number of aliphatic hydroxyl groups is 4. The first-order chi connectivity index (χ1) is 6.38. The number of ether oxygens (including phenoxy) is 1. The van der Waals surface area contributed by atoms with Crippen LogP contribution in [-0.2, 0) is 4.74 Å². The molecule has 0 amide bonds. The Bertz CT molecular complexity index is 192. The summed E-state index contributed by atoms with van der Waals surface area (Å²) in [5.41, 5.74) is 0. The fourth-order valence-corrected chi connectivity index (χ4v) is 1.74. The molecule has 1 aliphatic rings. The van der Waals surface area contributed by atoms with Crippen molar-refractivity contribution >= 4 is 0 Å². The molecule has 5 nitrogen and oxygen atoms in total. The summed E-state index contributed by atoms with van der Waals surface area (Å²) in [5.74, 6) is -2.07. The van der Waals surface area contributed by atoms with Gasteiger partial charge in [0.2, 0.25) is 0 Å². The molecule has 14 heavy (non-hydrogen) atoms. The van der Waals surface area contributed by atoms with Crippen molar-refractivity contribution < 1.29 is 25.2 Å². The van der Waals surface area contributed by atoms with Gasteiger partial charge in [0.15, 0.2) is 5.79 Å².